The summed E-state index contributed by atoms with van der Waals surface area (Å²) in [4.78, 5) is 23.7. The largest absolute Gasteiger partial charge is 0.352 e. The molecule has 0 aliphatic rings. The highest BCUT2D eigenvalue weighted by Crippen LogP contribution is 2.16. The summed E-state index contributed by atoms with van der Waals surface area (Å²) in [6.45, 7) is 1.74. The molecular formula is C19H18F4N2O2. The third-order valence-corrected chi connectivity index (χ3v) is 3.86. The quantitative estimate of drug-likeness (QED) is 0.568. The number of carbonyl (C=O) groups excluding carboxylic acids is 2. The van der Waals surface area contributed by atoms with Crippen LogP contribution in [0.1, 0.15) is 41.7 Å². The van der Waals surface area contributed by atoms with Crippen molar-refractivity contribution in [2.24, 2.45) is 0 Å². The van der Waals surface area contributed by atoms with Gasteiger partial charge in [-0.3, -0.25) is 9.59 Å². The first-order valence-electron chi connectivity index (χ1n) is 8.25. The Morgan fingerprint density at radius 2 is 1.70 bits per heavy atom. The molecule has 2 N–H and O–H groups in total. The number of nitrogens with one attached hydrogen (secondary N) is 2. The van der Waals surface area contributed by atoms with Crippen LogP contribution in [0.2, 0.25) is 0 Å². The van der Waals surface area contributed by atoms with Crippen LogP contribution in [0, 0.1) is 23.3 Å². The fraction of sp³-hybridized carbons (Fsp3) is 0.263. The highest BCUT2D eigenvalue weighted by Gasteiger charge is 2.14. The van der Waals surface area contributed by atoms with E-state index < -0.39 is 35.2 Å². The van der Waals surface area contributed by atoms with Gasteiger partial charge in [-0.25, -0.2) is 17.6 Å². The molecule has 27 heavy (non-hydrogen) atoms. The number of halogens is 4. The maximum atomic E-state index is 13.5. The normalized spacial score (nSPS) is 11.7. The van der Waals surface area contributed by atoms with Crippen LogP contribution in [-0.2, 0) is 4.79 Å². The number of hydrogen-bond donors (Lipinski definition) is 2. The van der Waals surface area contributed by atoms with E-state index in [9.17, 15) is 27.2 Å². The van der Waals surface area contributed by atoms with Gasteiger partial charge in [0.05, 0.1) is 11.6 Å². The molecule has 2 aromatic rings. The molecule has 0 saturated carbocycles. The van der Waals surface area contributed by atoms with Crippen LogP contribution in [0.5, 0.6) is 0 Å². The zero-order valence-electron chi connectivity index (χ0n) is 14.5. The van der Waals surface area contributed by atoms with Gasteiger partial charge in [0.1, 0.15) is 11.6 Å². The van der Waals surface area contributed by atoms with Crippen LogP contribution in [0.25, 0.3) is 0 Å². The smallest absolute Gasteiger partial charge is 0.254 e. The van der Waals surface area contributed by atoms with Gasteiger partial charge in [-0.2, -0.15) is 0 Å². The monoisotopic (exact) mass is 382 g/mol. The second-order valence-corrected chi connectivity index (χ2v) is 5.95. The van der Waals surface area contributed by atoms with Crippen molar-refractivity contribution in [3.05, 3.63) is 70.8 Å². The summed E-state index contributed by atoms with van der Waals surface area (Å²) in [7, 11) is 0. The standard InChI is InChI=1S/C19H18F4N2O2/c1-11(12-4-7-15(21)17(23)9-12)25-18(26)3-2-8-24-19(27)14-6-5-13(20)10-16(14)22/h4-7,9-11H,2-3,8H2,1H3,(H,24,27)(H,25,26). The van der Waals surface area contributed by atoms with Gasteiger partial charge in [0.2, 0.25) is 5.91 Å². The lowest BCUT2D eigenvalue weighted by Crippen LogP contribution is -2.29. The molecule has 0 spiro atoms. The predicted octanol–water partition coefficient (Wildman–Crippen LogP) is 3.63. The van der Waals surface area contributed by atoms with E-state index >= 15 is 0 Å². The zero-order chi connectivity index (χ0) is 20.0. The van der Waals surface area contributed by atoms with Crippen LogP contribution in [0.3, 0.4) is 0 Å². The lowest BCUT2D eigenvalue weighted by molar-refractivity contribution is -0.121. The van der Waals surface area contributed by atoms with Gasteiger partial charge < -0.3 is 10.6 Å². The average molecular weight is 382 g/mol. The molecule has 8 heteroatoms. The first-order chi connectivity index (χ1) is 12.8. The molecule has 2 aromatic carbocycles. The number of carbonyl (C=O) groups is 2. The molecule has 0 radical (unpaired) electrons. The Morgan fingerprint density at radius 1 is 0.963 bits per heavy atom. The first-order valence-corrected chi connectivity index (χ1v) is 8.25. The van der Waals surface area contributed by atoms with Crippen LogP contribution >= 0.6 is 0 Å². The van der Waals surface area contributed by atoms with E-state index in [-0.39, 0.29) is 30.9 Å². The summed E-state index contributed by atoms with van der Waals surface area (Å²) in [5.74, 6) is -4.76. The molecule has 0 saturated heterocycles. The molecule has 1 unspecified atom stereocenters. The van der Waals surface area contributed by atoms with Gasteiger partial charge in [-0.05, 0) is 43.2 Å². The maximum Gasteiger partial charge on any atom is 0.254 e. The number of rotatable bonds is 7. The lowest BCUT2D eigenvalue weighted by atomic mass is 10.1. The van der Waals surface area contributed by atoms with E-state index in [1.165, 1.54) is 6.07 Å². The van der Waals surface area contributed by atoms with Crippen molar-refractivity contribution >= 4 is 11.8 Å². The molecule has 0 aliphatic heterocycles. The SMILES string of the molecule is CC(NC(=O)CCCNC(=O)c1ccc(F)cc1F)c1ccc(F)c(F)c1. The van der Waals surface area contributed by atoms with Gasteiger partial charge in [0.15, 0.2) is 11.6 Å². The van der Waals surface area contributed by atoms with Gasteiger partial charge in [-0.1, -0.05) is 6.07 Å². The van der Waals surface area contributed by atoms with Gasteiger partial charge in [-0.15, -0.1) is 0 Å². The van der Waals surface area contributed by atoms with E-state index in [0.29, 0.717) is 11.6 Å². The van der Waals surface area contributed by atoms with Crippen LogP contribution in [-0.4, -0.2) is 18.4 Å². The molecule has 2 amide bonds. The minimum Gasteiger partial charge on any atom is -0.352 e. The molecule has 1 atom stereocenters. The maximum absolute atomic E-state index is 13.5. The van der Waals surface area contributed by atoms with E-state index in [4.69, 9.17) is 0 Å². The second-order valence-electron chi connectivity index (χ2n) is 5.95. The van der Waals surface area contributed by atoms with Gasteiger partial charge in [0.25, 0.3) is 5.91 Å². The summed E-state index contributed by atoms with van der Waals surface area (Å²) in [6.07, 6.45) is 0.352. The first kappa shape index (κ1) is 20.4. The fourth-order valence-corrected chi connectivity index (χ4v) is 2.40. The highest BCUT2D eigenvalue weighted by molar-refractivity contribution is 5.94. The van der Waals surface area contributed by atoms with Gasteiger partial charge >= 0.3 is 0 Å². The van der Waals surface area contributed by atoms with Crippen molar-refractivity contribution in [1.82, 2.24) is 10.6 Å². The minimum absolute atomic E-state index is 0.0696. The molecule has 2 rings (SSSR count). The summed E-state index contributed by atoms with van der Waals surface area (Å²) in [6, 6.07) is 5.48. The van der Waals surface area contributed by atoms with E-state index in [0.717, 1.165) is 24.3 Å². The van der Waals surface area contributed by atoms with Crippen molar-refractivity contribution in [2.75, 3.05) is 6.54 Å². The highest BCUT2D eigenvalue weighted by atomic mass is 19.2. The number of hydrogen-bond acceptors (Lipinski definition) is 2. The average Bonchev–Trinajstić information content (AvgIpc) is 2.60. The molecule has 0 aliphatic carbocycles. The van der Waals surface area contributed by atoms with E-state index in [1.807, 2.05) is 0 Å². The molecule has 0 heterocycles. The van der Waals surface area contributed by atoms with E-state index in [1.54, 1.807) is 6.92 Å². The Kier molecular flexibility index (Phi) is 6.92. The Hall–Kier alpha value is -2.90. The van der Waals surface area contributed by atoms with Crippen molar-refractivity contribution in [3.63, 3.8) is 0 Å². The number of amides is 2. The second kappa shape index (κ2) is 9.16. The summed E-state index contributed by atoms with van der Waals surface area (Å²) in [5.41, 5.74) is 0.134. The molecule has 0 aromatic heterocycles. The van der Waals surface area contributed by atoms with E-state index in [2.05, 4.69) is 10.6 Å². The molecular weight excluding hydrogens is 364 g/mol. The van der Waals surface area contributed by atoms with Crippen LogP contribution in [0.4, 0.5) is 17.6 Å². The predicted molar refractivity (Wildman–Crippen MR) is 90.8 cm³/mol. The van der Waals surface area contributed by atoms with Gasteiger partial charge in [0, 0.05) is 19.0 Å². The van der Waals surface area contributed by atoms with Crippen molar-refractivity contribution in [2.45, 2.75) is 25.8 Å². The summed E-state index contributed by atoms with van der Waals surface area (Å²) < 4.78 is 52.4. The number of benzene rings is 2. The Balaban J connectivity index is 1.75. The molecule has 4 nitrogen and oxygen atoms in total. The third kappa shape index (κ3) is 5.80. The topological polar surface area (TPSA) is 58.2 Å². The summed E-state index contributed by atoms with van der Waals surface area (Å²) >= 11 is 0. The van der Waals surface area contributed by atoms with Crippen molar-refractivity contribution in [1.29, 1.82) is 0 Å². The molecule has 0 bridgehead atoms. The molecule has 144 valence electrons. The van der Waals surface area contributed by atoms with Crippen LogP contribution in [0.15, 0.2) is 36.4 Å². The Bertz CT molecular complexity index is 842. The minimum atomic E-state index is -0.996. The van der Waals surface area contributed by atoms with Crippen molar-refractivity contribution < 1.29 is 27.2 Å². The van der Waals surface area contributed by atoms with Crippen LogP contribution < -0.4 is 10.6 Å². The fourth-order valence-electron chi connectivity index (χ4n) is 2.40. The van der Waals surface area contributed by atoms with Crippen molar-refractivity contribution in [3.8, 4) is 0 Å². The Labute approximate surface area is 153 Å². The Morgan fingerprint density at radius 3 is 2.37 bits per heavy atom. The summed E-state index contributed by atoms with van der Waals surface area (Å²) in [5, 5.41) is 5.08. The lowest BCUT2D eigenvalue weighted by Gasteiger charge is -2.14. The molecule has 0 fully saturated rings. The zero-order valence-corrected chi connectivity index (χ0v) is 14.5. The third-order valence-electron chi connectivity index (χ3n) is 3.86.